The summed E-state index contributed by atoms with van der Waals surface area (Å²) in [6.45, 7) is 6.14. The Morgan fingerprint density at radius 2 is 1.80 bits per heavy atom. The number of halogens is 3. The molecular formula is C10H19F3N2. The fourth-order valence-corrected chi connectivity index (χ4v) is 1.93. The molecule has 0 radical (unpaired) electrons. The minimum absolute atomic E-state index is 0.0649. The van der Waals surface area contributed by atoms with Crippen LogP contribution in [0.5, 0.6) is 0 Å². The van der Waals surface area contributed by atoms with Crippen molar-refractivity contribution < 1.29 is 13.2 Å². The van der Waals surface area contributed by atoms with Crippen molar-refractivity contribution in [2.24, 2.45) is 5.92 Å². The molecule has 90 valence electrons. The summed E-state index contributed by atoms with van der Waals surface area (Å²) in [4.78, 5) is 2.31. The predicted octanol–water partition coefficient (Wildman–Crippen LogP) is 2.22. The maximum absolute atomic E-state index is 11.9. The summed E-state index contributed by atoms with van der Waals surface area (Å²) in [5, 5.41) is 1.62. The first-order chi connectivity index (χ1) is 6.88. The lowest BCUT2D eigenvalue weighted by Gasteiger charge is -2.34. The summed E-state index contributed by atoms with van der Waals surface area (Å²) >= 11 is 0. The molecule has 1 aliphatic rings. The zero-order chi connectivity index (χ0) is 11.5. The van der Waals surface area contributed by atoms with E-state index in [0.717, 1.165) is 25.9 Å². The Morgan fingerprint density at radius 3 is 2.20 bits per heavy atom. The van der Waals surface area contributed by atoms with Gasteiger partial charge in [0.1, 0.15) is 0 Å². The standard InChI is InChI=1S/C10H19F3N2/c1-8(2)15-5-3-9(4-6-15)7-14-10(11,12)13/h8-9,14H,3-7H2,1-2H3. The van der Waals surface area contributed by atoms with E-state index in [1.165, 1.54) is 0 Å². The van der Waals surface area contributed by atoms with Crippen LogP contribution < -0.4 is 5.32 Å². The van der Waals surface area contributed by atoms with Crippen molar-refractivity contribution in [3.8, 4) is 0 Å². The van der Waals surface area contributed by atoms with Crippen molar-refractivity contribution in [1.29, 1.82) is 0 Å². The normalized spacial score (nSPS) is 21.2. The summed E-state index contributed by atoms with van der Waals surface area (Å²) in [7, 11) is 0. The third kappa shape index (κ3) is 4.84. The van der Waals surface area contributed by atoms with Crippen LogP contribution >= 0.6 is 0 Å². The Kier molecular flexibility index (Phi) is 4.40. The zero-order valence-corrected chi connectivity index (χ0v) is 9.27. The van der Waals surface area contributed by atoms with Crippen LogP contribution in [0.3, 0.4) is 0 Å². The maximum Gasteiger partial charge on any atom is 0.457 e. The van der Waals surface area contributed by atoms with Gasteiger partial charge in [-0.1, -0.05) is 0 Å². The van der Waals surface area contributed by atoms with Gasteiger partial charge < -0.3 is 4.90 Å². The molecule has 1 heterocycles. The molecule has 0 aromatic heterocycles. The molecule has 0 aromatic carbocycles. The highest BCUT2D eigenvalue weighted by Gasteiger charge is 2.29. The van der Waals surface area contributed by atoms with E-state index in [4.69, 9.17) is 0 Å². The number of nitrogens with one attached hydrogen (secondary N) is 1. The average molecular weight is 224 g/mol. The first-order valence-electron chi connectivity index (χ1n) is 5.44. The van der Waals surface area contributed by atoms with Gasteiger partial charge in [0.25, 0.3) is 0 Å². The van der Waals surface area contributed by atoms with Crippen molar-refractivity contribution in [1.82, 2.24) is 10.2 Å². The van der Waals surface area contributed by atoms with Crippen LogP contribution in [0.15, 0.2) is 0 Å². The van der Waals surface area contributed by atoms with Crippen LogP contribution in [0, 0.1) is 5.92 Å². The zero-order valence-electron chi connectivity index (χ0n) is 9.27. The van der Waals surface area contributed by atoms with Crippen LogP contribution in [0.1, 0.15) is 26.7 Å². The van der Waals surface area contributed by atoms with E-state index in [9.17, 15) is 13.2 Å². The van der Waals surface area contributed by atoms with E-state index >= 15 is 0 Å². The Bertz CT molecular complexity index is 184. The smallest absolute Gasteiger partial charge is 0.301 e. The van der Waals surface area contributed by atoms with Gasteiger partial charge in [-0.05, 0) is 45.7 Å². The van der Waals surface area contributed by atoms with E-state index in [2.05, 4.69) is 18.7 Å². The van der Waals surface area contributed by atoms with Gasteiger partial charge in [-0.15, -0.1) is 0 Å². The molecule has 0 amide bonds. The van der Waals surface area contributed by atoms with Gasteiger partial charge >= 0.3 is 6.30 Å². The minimum atomic E-state index is -4.23. The molecule has 2 nitrogen and oxygen atoms in total. The fraction of sp³-hybridized carbons (Fsp3) is 1.00. The first kappa shape index (κ1) is 12.8. The van der Waals surface area contributed by atoms with E-state index in [0.29, 0.717) is 6.04 Å². The van der Waals surface area contributed by atoms with Crippen LogP contribution in [0.2, 0.25) is 0 Å². The molecule has 5 heteroatoms. The van der Waals surface area contributed by atoms with Crippen LogP contribution in [0.4, 0.5) is 13.2 Å². The highest BCUT2D eigenvalue weighted by Crippen LogP contribution is 2.19. The first-order valence-corrected chi connectivity index (χ1v) is 5.44. The Hall–Kier alpha value is -0.290. The maximum atomic E-state index is 11.9. The lowest BCUT2D eigenvalue weighted by Crippen LogP contribution is -2.43. The molecule has 1 aliphatic heterocycles. The Balaban J connectivity index is 2.20. The van der Waals surface area contributed by atoms with Crippen LogP contribution in [-0.2, 0) is 0 Å². The van der Waals surface area contributed by atoms with Crippen molar-refractivity contribution in [3.63, 3.8) is 0 Å². The fourth-order valence-electron chi connectivity index (χ4n) is 1.93. The highest BCUT2D eigenvalue weighted by molar-refractivity contribution is 4.75. The molecule has 1 fully saturated rings. The van der Waals surface area contributed by atoms with Gasteiger partial charge in [0.2, 0.25) is 0 Å². The molecule has 0 unspecified atom stereocenters. The van der Waals surface area contributed by atoms with Gasteiger partial charge in [-0.3, -0.25) is 0 Å². The van der Waals surface area contributed by atoms with E-state index in [1.807, 2.05) is 0 Å². The Labute approximate surface area is 88.8 Å². The number of hydrogen-bond acceptors (Lipinski definition) is 2. The molecule has 0 aliphatic carbocycles. The number of nitrogens with zero attached hydrogens (tertiary/aromatic N) is 1. The number of hydrogen-bond donors (Lipinski definition) is 1. The monoisotopic (exact) mass is 224 g/mol. The largest absolute Gasteiger partial charge is 0.457 e. The number of alkyl halides is 3. The molecule has 15 heavy (non-hydrogen) atoms. The second kappa shape index (κ2) is 5.16. The predicted molar refractivity (Wildman–Crippen MR) is 53.5 cm³/mol. The minimum Gasteiger partial charge on any atom is -0.301 e. The summed E-state index contributed by atoms with van der Waals surface area (Å²) in [5.41, 5.74) is 0. The SMILES string of the molecule is CC(C)N1CCC(CNC(F)(F)F)CC1. The third-order valence-electron chi connectivity index (χ3n) is 2.97. The van der Waals surface area contributed by atoms with Crippen molar-refractivity contribution in [2.75, 3.05) is 19.6 Å². The second-order valence-electron chi connectivity index (χ2n) is 4.45. The summed E-state index contributed by atoms with van der Waals surface area (Å²) in [6, 6.07) is 0.501. The van der Waals surface area contributed by atoms with Gasteiger partial charge in [-0.25, -0.2) is 5.32 Å². The van der Waals surface area contributed by atoms with Crippen molar-refractivity contribution in [3.05, 3.63) is 0 Å². The summed E-state index contributed by atoms with van der Waals surface area (Å²) < 4.78 is 35.7. The van der Waals surface area contributed by atoms with Gasteiger partial charge in [-0.2, -0.15) is 13.2 Å². The van der Waals surface area contributed by atoms with Gasteiger partial charge in [0.05, 0.1) is 0 Å². The van der Waals surface area contributed by atoms with E-state index in [-0.39, 0.29) is 12.5 Å². The number of rotatable bonds is 3. The molecule has 0 bridgehead atoms. The average Bonchev–Trinajstić information content (AvgIpc) is 2.14. The molecule has 1 N–H and O–H groups in total. The highest BCUT2D eigenvalue weighted by atomic mass is 19.4. The van der Waals surface area contributed by atoms with E-state index < -0.39 is 6.30 Å². The van der Waals surface area contributed by atoms with Crippen molar-refractivity contribution in [2.45, 2.75) is 39.0 Å². The second-order valence-corrected chi connectivity index (χ2v) is 4.45. The lowest BCUT2D eigenvalue weighted by atomic mass is 9.96. The topological polar surface area (TPSA) is 15.3 Å². The van der Waals surface area contributed by atoms with Crippen LogP contribution in [0.25, 0.3) is 0 Å². The molecule has 0 atom stereocenters. The van der Waals surface area contributed by atoms with Crippen LogP contribution in [-0.4, -0.2) is 36.9 Å². The molecular weight excluding hydrogens is 205 g/mol. The lowest BCUT2D eigenvalue weighted by molar-refractivity contribution is -0.159. The molecule has 0 saturated carbocycles. The summed E-state index contributed by atoms with van der Waals surface area (Å²) in [6.07, 6.45) is -2.50. The van der Waals surface area contributed by atoms with E-state index in [1.54, 1.807) is 5.32 Å². The molecule has 1 rings (SSSR count). The number of piperidine rings is 1. The quantitative estimate of drug-likeness (QED) is 0.739. The van der Waals surface area contributed by atoms with Crippen molar-refractivity contribution >= 4 is 0 Å². The molecule has 0 aromatic rings. The van der Waals surface area contributed by atoms with Gasteiger partial charge in [0, 0.05) is 12.6 Å². The van der Waals surface area contributed by atoms with Gasteiger partial charge in [0.15, 0.2) is 0 Å². The number of likely N-dealkylation sites (tertiary alicyclic amines) is 1. The molecule has 0 spiro atoms. The Morgan fingerprint density at radius 1 is 1.27 bits per heavy atom. The molecule has 1 saturated heterocycles. The third-order valence-corrected chi connectivity index (χ3v) is 2.97. The summed E-state index contributed by atoms with van der Waals surface area (Å²) in [5.74, 6) is 0.168.